The van der Waals surface area contributed by atoms with Gasteiger partial charge >= 0.3 is 11.7 Å². The number of hydrogen-bond donors (Lipinski definition) is 1. The van der Waals surface area contributed by atoms with Gasteiger partial charge in [0, 0.05) is 0 Å². The van der Waals surface area contributed by atoms with Crippen LogP contribution in [0.4, 0.5) is 4.39 Å². The largest absolute Gasteiger partial charge is 0.679 e. The summed E-state index contributed by atoms with van der Waals surface area (Å²) in [6.07, 6.45) is 0.802. The number of H-pyrrole nitrogens is 1. The van der Waals surface area contributed by atoms with Crippen molar-refractivity contribution in [3.05, 3.63) is 32.4 Å². The van der Waals surface area contributed by atoms with Crippen molar-refractivity contribution < 1.29 is 14.2 Å². The third-order valence-electron chi connectivity index (χ3n) is 1.18. The van der Waals surface area contributed by atoms with Crippen molar-refractivity contribution in [2.24, 2.45) is 0 Å². The molecule has 70 valence electrons. The van der Waals surface area contributed by atoms with Gasteiger partial charge in [-0.1, -0.05) is 4.39 Å². The van der Waals surface area contributed by atoms with E-state index in [-0.39, 0.29) is 0 Å². The lowest BCUT2D eigenvalue weighted by Gasteiger charge is -2.02. The standard InChI is InChI=1S/C3H2FN5O4/c4-3(8(10)11,9(12)13)2-5-1-6-7-2/h1H,(H,5,6,7). The van der Waals surface area contributed by atoms with Crippen LogP contribution in [0.2, 0.25) is 0 Å². The van der Waals surface area contributed by atoms with E-state index >= 15 is 0 Å². The van der Waals surface area contributed by atoms with Crippen molar-refractivity contribution in [3.8, 4) is 0 Å². The summed E-state index contributed by atoms with van der Waals surface area (Å²) in [5.41, 5.74) is 0. The Morgan fingerprint density at radius 2 is 2.00 bits per heavy atom. The molecule has 0 unspecified atom stereocenters. The summed E-state index contributed by atoms with van der Waals surface area (Å²) in [6, 6.07) is 0. The molecule has 0 bridgehead atoms. The Balaban J connectivity index is 3.21. The van der Waals surface area contributed by atoms with Crippen LogP contribution in [-0.4, -0.2) is 25.0 Å². The molecular weight excluding hydrogens is 189 g/mol. The van der Waals surface area contributed by atoms with E-state index in [1.54, 1.807) is 0 Å². The highest BCUT2D eigenvalue weighted by molar-refractivity contribution is 4.85. The molecule has 0 aromatic carbocycles. The summed E-state index contributed by atoms with van der Waals surface area (Å²) in [4.78, 5) is 19.7. The van der Waals surface area contributed by atoms with Crippen LogP contribution in [0, 0.1) is 20.2 Å². The summed E-state index contributed by atoms with van der Waals surface area (Å²) < 4.78 is 13.1. The maximum absolute atomic E-state index is 13.1. The fourth-order valence-electron chi connectivity index (χ4n) is 0.592. The second-order valence-electron chi connectivity index (χ2n) is 1.92. The predicted octanol–water partition coefficient (Wildman–Crippen LogP) is -0.562. The van der Waals surface area contributed by atoms with Gasteiger partial charge in [-0.05, 0) is 0 Å². The minimum Gasteiger partial charge on any atom is -0.265 e. The smallest absolute Gasteiger partial charge is 0.265 e. The average Bonchev–Trinajstić information content (AvgIpc) is 2.54. The minimum absolute atomic E-state index is 0.802. The molecule has 0 saturated carbocycles. The second-order valence-corrected chi connectivity index (χ2v) is 1.92. The average molecular weight is 191 g/mol. The summed E-state index contributed by atoms with van der Waals surface area (Å²) in [6.45, 7) is 0. The first-order chi connectivity index (χ1) is 5.99. The van der Waals surface area contributed by atoms with E-state index in [1.165, 1.54) is 0 Å². The number of rotatable bonds is 3. The van der Waals surface area contributed by atoms with Gasteiger partial charge in [0.25, 0.3) is 0 Å². The van der Waals surface area contributed by atoms with Gasteiger partial charge in [-0.3, -0.25) is 25.3 Å². The Kier molecular flexibility index (Phi) is 1.88. The zero-order valence-electron chi connectivity index (χ0n) is 5.88. The molecule has 0 aliphatic heterocycles. The van der Waals surface area contributed by atoms with Crippen LogP contribution in [0.3, 0.4) is 0 Å². The van der Waals surface area contributed by atoms with Crippen LogP contribution >= 0.6 is 0 Å². The molecule has 0 amide bonds. The van der Waals surface area contributed by atoms with Gasteiger partial charge in [-0.2, -0.15) is 0 Å². The van der Waals surface area contributed by atoms with E-state index in [0.29, 0.717) is 0 Å². The van der Waals surface area contributed by atoms with Crippen molar-refractivity contribution in [3.63, 3.8) is 0 Å². The third-order valence-corrected chi connectivity index (χ3v) is 1.18. The quantitative estimate of drug-likeness (QED) is 0.295. The number of nitro groups is 2. The number of aromatic amines is 1. The number of alkyl halides is 1. The van der Waals surface area contributed by atoms with E-state index in [0.717, 1.165) is 6.33 Å². The maximum atomic E-state index is 13.1. The summed E-state index contributed by atoms with van der Waals surface area (Å²) in [5.74, 6) is -5.12. The van der Waals surface area contributed by atoms with Crippen LogP contribution in [0.15, 0.2) is 6.33 Å². The molecule has 10 heteroatoms. The van der Waals surface area contributed by atoms with E-state index in [9.17, 15) is 24.6 Å². The number of nitrogens with zero attached hydrogens (tertiary/aromatic N) is 4. The molecule has 1 rings (SSSR count). The van der Waals surface area contributed by atoms with Crippen LogP contribution in [-0.2, 0) is 5.92 Å². The highest BCUT2D eigenvalue weighted by atomic mass is 19.2. The molecule has 1 heterocycles. The molecule has 13 heavy (non-hydrogen) atoms. The molecule has 1 aromatic rings. The molecule has 0 aliphatic carbocycles. The lowest BCUT2D eigenvalue weighted by Crippen LogP contribution is -2.39. The Hall–Kier alpha value is -2.13. The van der Waals surface area contributed by atoms with Gasteiger partial charge in [0.05, 0.1) is 0 Å². The SMILES string of the molecule is O=[N+]([O-])C(F)(c1nc[nH]n1)[N+](=O)[O-]. The van der Waals surface area contributed by atoms with Crippen LogP contribution < -0.4 is 0 Å². The van der Waals surface area contributed by atoms with E-state index in [1.807, 2.05) is 5.10 Å². The lowest BCUT2D eigenvalue weighted by atomic mass is 10.4. The predicted molar refractivity (Wildman–Crippen MR) is 33.2 cm³/mol. The zero-order chi connectivity index (χ0) is 10.1. The van der Waals surface area contributed by atoms with Gasteiger partial charge in [0.2, 0.25) is 0 Å². The maximum Gasteiger partial charge on any atom is 0.679 e. The molecule has 0 fully saturated rings. The Labute approximate surface area is 68.9 Å². The number of aromatic nitrogens is 3. The summed E-state index contributed by atoms with van der Waals surface area (Å²) >= 11 is 0. The van der Waals surface area contributed by atoms with Crippen molar-refractivity contribution in [1.29, 1.82) is 0 Å². The number of hydrogen-bond acceptors (Lipinski definition) is 6. The van der Waals surface area contributed by atoms with Crippen molar-refractivity contribution >= 4 is 0 Å². The van der Waals surface area contributed by atoms with Crippen molar-refractivity contribution in [1.82, 2.24) is 15.2 Å². The molecule has 0 spiro atoms. The van der Waals surface area contributed by atoms with Gasteiger partial charge in [0.1, 0.15) is 16.2 Å². The molecule has 0 saturated heterocycles. The minimum atomic E-state index is -3.99. The summed E-state index contributed by atoms with van der Waals surface area (Å²) in [5, 5.41) is 25.0. The molecular formula is C3H2FN5O4. The highest BCUT2D eigenvalue weighted by Gasteiger charge is 2.64. The van der Waals surface area contributed by atoms with Crippen LogP contribution in [0.1, 0.15) is 5.82 Å². The molecule has 0 radical (unpaired) electrons. The zero-order valence-corrected chi connectivity index (χ0v) is 5.88. The fraction of sp³-hybridized carbons (Fsp3) is 0.333. The van der Waals surface area contributed by atoms with E-state index in [2.05, 4.69) is 10.1 Å². The molecule has 1 N–H and O–H groups in total. The van der Waals surface area contributed by atoms with Gasteiger partial charge in [-0.25, -0.2) is 4.98 Å². The van der Waals surface area contributed by atoms with E-state index < -0.39 is 21.6 Å². The summed E-state index contributed by atoms with van der Waals surface area (Å²) in [7, 11) is 0. The van der Waals surface area contributed by atoms with E-state index in [4.69, 9.17) is 0 Å². The van der Waals surface area contributed by atoms with Crippen LogP contribution in [0.25, 0.3) is 0 Å². The van der Waals surface area contributed by atoms with Gasteiger partial charge in [0.15, 0.2) is 0 Å². The topological polar surface area (TPSA) is 128 Å². The molecule has 0 aliphatic rings. The molecule has 9 nitrogen and oxygen atoms in total. The Bertz CT molecular complexity index is 322. The highest BCUT2D eigenvalue weighted by Crippen LogP contribution is 2.23. The fourth-order valence-corrected chi connectivity index (χ4v) is 0.592. The van der Waals surface area contributed by atoms with Gasteiger partial charge < -0.3 is 0 Å². The first kappa shape index (κ1) is 8.96. The Morgan fingerprint density at radius 3 is 2.31 bits per heavy atom. The molecule has 1 aromatic heterocycles. The normalized spacial score (nSPS) is 11.2. The third kappa shape index (κ3) is 1.17. The van der Waals surface area contributed by atoms with Crippen molar-refractivity contribution in [2.75, 3.05) is 0 Å². The number of halogens is 1. The van der Waals surface area contributed by atoms with Gasteiger partial charge in [-0.15, -0.1) is 5.10 Å². The monoisotopic (exact) mass is 191 g/mol. The lowest BCUT2D eigenvalue weighted by molar-refractivity contribution is -0.847. The van der Waals surface area contributed by atoms with Crippen molar-refractivity contribution in [2.45, 2.75) is 5.92 Å². The van der Waals surface area contributed by atoms with Crippen LogP contribution in [0.5, 0.6) is 0 Å². The number of nitrogens with one attached hydrogen (secondary N) is 1. The first-order valence-electron chi connectivity index (χ1n) is 2.83. The second kappa shape index (κ2) is 2.73. The molecule has 0 atom stereocenters. The first-order valence-corrected chi connectivity index (χ1v) is 2.83. The Morgan fingerprint density at radius 1 is 1.46 bits per heavy atom.